The summed E-state index contributed by atoms with van der Waals surface area (Å²) in [5.74, 6) is 0.228. The van der Waals surface area contributed by atoms with E-state index in [0.717, 1.165) is 57.7 Å². The lowest BCUT2D eigenvalue weighted by Gasteiger charge is -2.63. The van der Waals surface area contributed by atoms with Crippen LogP contribution in [0.2, 0.25) is 0 Å². The number of Topliss-reactive ketones (excluding diaryl/α,β-unsaturated/α-hetero) is 2. The number of hydrogen-bond donors (Lipinski definition) is 8. The number of anilines is 1. The predicted molar refractivity (Wildman–Crippen MR) is 252 cm³/mol. The number of aromatic nitrogens is 2. The highest BCUT2D eigenvalue weighted by Crippen LogP contribution is 2.68. The summed E-state index contributed by atoms with van der Waals surface area (Å²) in [6.07, 6.45) is 9.68. The van der Waals surface area contributed by atoms with Gasteiger partial charge in [-0.2, -0.15) is 0 Å². The zero-order valence-corrected chi connectivity index (χ0v) is 40.1. The van der Waals surface area contributed by atoms with E-state index >= 15 is 0 Å². The molecule has 9 N–H and O–H groups in total. The summed E-state index contributed by atoms with van der Waals surface area (Å²) in [5.41, 5.74) is 6.67. The first-order chi connectivity index (χ1) is 31.2. The zero-order valence-electron chi connectivity index (χ0n) is 40.1. The topological polar surface area (TPSA) is 267 Å². The Labute approximate surface area is 389 Å². The minimum absolute atomic E-state index is 0.0200. The molecular formula is C50H75N7O9. The molecule has 5 unspecified atom stereocenters. The first kappa shape index (κ1) is 52.2. The SMILES string of the molecule is CC(C)C(=O)CCC(C)[C@H]1CCC2C3C(C[C@H](O)[C@@]21C)[C@@]1(C)CC[C@@H](O)C[C@H]1C[C@H]3O.CNC(=O)c1nc(CNc2ccc(C(=O)NC(CCC(=O)C(C)C)C(=O)O)cc2)cnc1N=CN. The number of nitrogens with one attached hydrogen (secondary N) is 3. The minimum atomic E-state index is -1.20. The van der Waals surface area contributed by atoms with Crippen LogP contribution in [-0.2, 0) is 20.9 Å². The Kier molecular flexibility index (Phi) is 17.7. The van der Waals surface area contributed by atoms with Gasteiger partial charge < -0.3 is 42.1 Å². The number of carboxylic acid groups (broad SMARTS) is 1. The van der Waals surface area contributed by atoms with Crippen molar-refractivity contribution in [1.29, 1.82) is 0 Å². The monoisotopic (exact) mass is 918 g/mol. The highest BCUT2D eigenvalue weighted by molar-refractivity contribution is 5.97. The lowest BCUT2D eigenvalue weighted by molar-refractivity contribution is -0.207. The number of nitrogens with zero attached hydrogens (tertiary/aromatic N) is 3. The fourth-order valence-corrected chi connectivity index (χ4v) is 11.9. The summed E-state index contributed by atoms with van der Waals surface area (Å²) in [6, 6.07) is 5.20. The normalized spacial score (nSPS) is 30.0. The Hall–Kier alpha value is -4.80. The molecule has 2 aromatic rings. The van der Waals surface area contributed by atoms with Gasteiger partial charge in [-0.25, -0.2) is 19.8 Å². The number of aliphatic hydroxyl groups is 3. The first-order valence-corrected chi connectivity index (χ1v) is 23.9. The molecule has 1 aromatic carbocycles. The van der Waals surface area contributed by atoms with Crippen molar-refractivity contribution < 1.29 is 44.4 Å². The molecule has 1 heterocycles. The van der Waals surface area contributed by atoms with E-state index < -0.39 is 23.8 Å². The third kappa shape index (κ3) is 11.6. The van der Waals surface area contributed by atoms with Crippen LogP contribution in [-0.4, -0.2) is 97.5 Å². The molecule has 4 fully saturated rings. The lowest BCUT2D eigenvalue weighted by Crippen LogP contribution is -2.62. The largest absolute Gasteiger partial charge is 0.480 e. The number of aliphatic hydroxyl groups excluding tert-OH is 3. The van der Waals surface area contributed by atoms with Crippen molar-refractivity contribution in [3.05, 3.63) is 47.4 Å². The van der Waals surface area contributed by atoms with E-state index in [1.807, 2.05) is 13.8 Å². The molecule has 1 aromatic heterocycles. The van der Waals surface area contributed by atoms with E-state index in [1.54, 1.807) is 26.0 Å². The second kappa shape index (κ2) is 22.3. The standard InChI is InChI=1S/C27H46O4.C23H29N7O5/c1-15(2)22(29)9-6-16(3)19-7-8-20-25-21(14-24(31)27(19,20)5)26(4)11-10-18(28)12-17(26)13-23(25)30;1-13(2)18(31)9-8-17(23(34)35)30-21(32)14-4-6-15(7-5-14)26-10-16-11-27-20(28-12-24)19(29-16)22(33)25-3/h15-21,23-25,28,30-31H,6-14H2,1-5H3;4-7,11-13,17,26H,8-10H2,1-3H3,(H,25,33)(H,30,32)(H,34,35)(H2,24,27,28)/t16?,17-,18+,19+,20?,21?,23+,24-,25?,26-,27+;/m0./s1. The van der Waals surface area contributed by atoms with Crippen LogP contribution in [0, 0.1) is 58.2 Å². The third-order valence-corrected chi connectivity index (χ3v) is 16.0. The van der Waals surface area contributed by atoms with Gasteiger partial charge in [0.2, 0.25) is 0 Å². The molecule has 2 amide bonds. The number of carbonyl (C=O) groups is 5. The fourth-order valence-electron chi connectivity index (χ4n) is 11.9. The second-order valence-electron chi connectivity index (χ2n) is 20.5. The molecule has 0 aliphatic heterocycles. The van der Waals surface area contributed by atoms with Crippen LogP contribution in [0.3, 0.4) is 0 Å². The minimum Gasteiger partial charge on any atom is -0.480 e. The van der Waals surface area contributed by atoms with E-state index in [1.165, 1.54) is 25.4 Å². The molecule has 0 bridgehead atoms. The number of ketones is 2. The van der Waals surface area contributed by atoms with Gasteiger partial charge in [-0.1, -0.05) is 48.5 Å². The van der Waals surface area contributed by atoms with Crippen LogP contribution >= 0.6 is 0 Å². The summed E-state index contributed by atoms with van der Waals surface area (Å²) in [7, 11) is 1.46. The van der Waals surface area contributed by atoms with Crippen molar-refractivity contribution in [2.45, 2.75) is 150 Å². The molecule has 6 rings (SSSR count). The van der Waals surface area contributed by atoms with Crippen molar-refractivity contribution in [3.8, 4) is 0 Å². The van der Waals surface area contributed by atoms with Crippen LogP contribution in [0.25, 0.3) is 0 Å². The molecule has 4 aliphatic rings. The van der Waals surface area contributed by atoms with E-state index in [4.69, 9.17) is 5.73 Å². The predicted octanol–water partition coefficient (Wildman–Crippen LogP) is 5.84. The quantitative estimate of drug-likeness (QED) is 0.0685. The van der Waals surface area contributed by atoms with Gasteiger partial charge in [0.05, 0.1) is 43.1 Å². The Balaban J connectivity index is 0.000000249. The van der Waals surface area contributed by atoms with Crippen molar-refractivity contribution in [1.82, 2.24) is 20.6 Å². The molecule has 0 saturated heterocycles. The van der Waals surface area contributed by atoms with Gasteiger partial charge in [0.25, 0.3) is 11.8 Å². The molecule has 0 radical (unpaired) electrons. The maximum Gasteiger partial charge on any atom is 0.326 e. The number of carboxylic acids is 1. The maximum absolute atomic E-state index is 12.5. The van der Waals surface area contributed by atoms with Gasteiger partial charge in [-0.05, 0) is 128 Å². The summed E-state index contributed by atoms with van der Waals surface area (Å²) in [4.78, 5) is 72.2. The summed E-state index contributed by atoms with van der Waals surface area (Å²) >= 11 is 0. The number of aliphatic carboxylic acids is 1. The number of hydrogen-bond acceptors (Lipinski definition) is 12. The van der Waals surface area contributed by atoms with Crippen LogP contribution in [0.5, 0.6) is 0 Å². The van der Waals surface area contributed by atoms with Crippen LogP contribution in [0.15, 0.2) is 35.5 Å². The smallest absolute Gasteiger partial charge is 0.326 e. The van der Waals surface area contributed by atoms with E-state index in [2.05, 4.69) is 51.7 Å². The van der Waals surface area contributed by atoms with Crippen LogP contribution < -0.4 is 21.7 Å². The first-order valence-electron chi connectivity index (χ1n) is 23.9. The van der Waals surface area contributed by atoms with Gasteiger partial charge in [0.15, 0.2) is 11.5 Å². The molecule has 4 aliphatic carbocycles. The highest BCUT2D eigenvalue weighted by Gasteiger charge is 2.65. The lowest BCUT2D eigenvalue weighted by atomic mass is 9.43. The Morgan fingerprint density at radius 2 is 1.53 bits per heavy atom. The van der Waals surface area contributed by atoms with Crippen LogP contribution in [0.4, 0.5) is 11.5 Å². The molecule has 16 heteroatoms. The number of rotatable bonds is 17. The molecule has 4 saturated carbocycles. The number of benzene rings is 1. The Bertz CT molecular complexity index is 2060. The molecule has 66 heavy (non-hydrogen) atoms. The molecular weight excluding hydrogens is 843 g/mol. The van der Waals surface area contributed by atoms with Gasteiger partial charge in [0, 0.05) is 43.0 Å². The summed E-state index contributed by atoms with van der Waals surface area (Å²) in [5, 5.41) is 50.6. The van der Waals surface area contributed by atoms with Crippen molar-refractivity contribution >= 4 is 47.2 Å². The van der Waals surface area contributed by atoms with Gasteiger partial charge >= 0.3 is 5.97 Å². The number of aliphatic imine (C=N–C) groups is 1. The number of fused-ring (bicyclic) bond motifs is 5. The molecule has 16 nitrogen and oxygen atoms in total. The average molecular weight is 918 g/mol. The average Bonchev–Trinajstić information content (AvgIpc) is 3.65. The Morgan fingerprint density at radius 3 is 2.14 bits per heavy atom. The van der Waals surface area contributed by atoms with Gasteiger partial charge in [-0.3, -0.25) is 19.2 Å². The van der Waals surface area contributed by atoms with Crippen LogP contribution in [0.1, 0.15) is 146 Å². The molecule has 0 spiro atoms. The number of amides is 2. The van der Waals surface area contributed by atoms with Crippen molar-refractivity contribution in [2.24, 2.45) is 68.9 Å². The second-order valence-corrected chi connectivity index (χ2v) is 20.5. The Morgan fingerprint density at radius 1 is 0.879 bits per heavy atom. The van der Waals surface area contributed by atoms with Crippen molar-refractivity contribution in [2.75, 3.05) is 12.4 Å². The van der Waals surface area contributed by atoms with Gasteiger partial charge in [-0.15, -0.1) is 0 Å². The number of carbonyl (C=O) groups excluding carboxylic acids is 4. The maximum atomic E-state index is 12.5. The molecule has 364 valence electrons. The zero-order chi connectivity index (χ0) is 48.7. The highest BCUT2D eigenvalue weighted by atomic mass is 16.4. The summed E-state index contributed by atoms with van der Waals surface area (Å²) < 4.78 is 0. The molecule has 12 atom stereocenters. The third-order valence-electron chi connectivity index (χ3n) is 16.0. The van der Waals surface area contributed by atoms with Gasteiger partial charge in [0.1, 0.15) is 17.6 Å². The summed E-state index contributed by atoms with van der Waals surface area (Å²) in [6.45, 7) is 14.6. The van der Waals surface area contributed by atoms with E-state index in [0.29, 0.717) is 53.2 Å². The van der Waals surface area contributed by atoms with E-state index in [9.17, 15) is 44.4 Å². The number of nitrogens with two attached hydrogens (primary N) is 1. The van der Waals surface area contributed by atoms with E-state index in [-0.39, 0.29) is 89.1 Å². The van der Waals surface area contributed by atoms with Crippen molar-refractivity contribution in [3.63, 3.8) is 0 Å². The fraction of sp³-hybridized carbons (Fsp3) is 0.680.